The van der Waals surface area contributed by atoms with Crippen LogP contribution in [0.3, 0.4) is 0 Å². The molecule has 5 aromatic rings. The molecule has 5 aromatic carbocycles. The molecule has 5 rings (SSSR count). The summed E-state index contributed by atoms with van der Waals surface area (Å²) in [5.41, 5.74) is -4.51. The van der Waals surface area contributed by atoms with Crippen LogP contribution < -0.4 is 0 Å². The van der Waals surface area contributed by atoms with E-state index in [1.807, 2.05) is 0 Å². The van der Waals surface area contributed by atoms with Crippen molar-refractivity contribution < 1.29 is 236 Å². The number of hydrogen-bond acceptors (Lipinski definition) is 25. The van der Waals surface area contributed by atoms with Crippen LogP contribution >= 0.6 is 119 Å². The zero-order valence-electron chi connectivity index (χ0n) is 67.5. The van der Waals surface area contributed by atoms with Gasteiger partial charge in [0.15, 0.2) is 105 Å². The Labute approximate surface area is 767 Å². The van der Waals surface area contributed by atoms with Gasteiger partial charge in [-0.15, -0.1) is 80.5 Å². The third-order valence-corrected chi connectivity index (χ3v) is 25.7. The molecule has 15 nitrogen and oxygen atoms in total. The average molecular weight is 2180 g/mol. The fraction of sp³-hybridized carbons (Fsp3) is 0.571. The summed E-state index contributed by atoms with van der Waals surface area (Å²) in [4.78, 5) is -12.3. The zero-order chi connectivity index (χ0) is 102. The number of benzene rings is 5. The highest BCUT2D eigenvalue weighted by molar-refractivity contribution is 8.00. The Kier molecular flexibility index (Phi) is 57.3. The number of thioether (sulfide) groups is 5. The molecule has 2 unspecified atom stereocenters. The van der Waals surface area contributed by atoms with E-state index in [1.165, 1.54) is 31.9 Å². The van der Waals surface area contributed by atoms with Crippen LogP contribution in [0.4, 0.5) is 162 Å². The summed E-state index contributed by atoms with van der Waals surface area (Å²) in [6.45, 7) is 8.50. The van der Waals surface area contributed by atoms with Crippen LogP contribution in [0.2, 0.25) is 0 Å². The first-order chi connectivity index (χ1) is 61.4. The van der Waals surface area contributed by atoms with Gasteiger partial charge in [-0.3, -0.25) is 0 Å². The van der Waals surface area contributed by atoms with E-state index in [4.69, 9.17) is 26.3 Å². The molecule has 0 aliphatic rings. The summed E-state index contributed by atoms with van der Waals surface area (Å²) >= 11 is -0.642. The molecule has 0 bridgehead atoms. The zero-order valence-corrected chi connectivity index (χ0v) is 75.7. The summed E-state index contributed by atoms with van der Waals surface area (Å²) in [6, 6.07) is 0. The molecular weight excluding hydrogens is 2100 g/mol. The molecule has 132 heavy (non-hydrogen) atoms. The van der Waals surface area contributed by atoms with Crippen LogP contribution in [0.1, 0.15) is 174 Å². The van der Waals surface area contributed by atoms with Crippen LogP contribution in [-0.2, 0) is 59.2 Å². The Bertz CT molecular complexity index is 4230. The lowest BCUT2D eigenvalue weighted by Gasteiger charge is -2.39. The van der Waals surface area contributed by atoms with Crippen molar-refractivity contribution in [2.45, 2.75) is 260 Å². The standard InChI is InChI=1S/C22H34F4O3S2.C18H26F4O3S2.C14H5F17O3S2.C9H4F8O3S2.C7H4F4O3S2/c1-3-5-7-9-10-12-14-16(13-11-8-6-4-2)15-30-21-17(23)19(25)22(31-29-28-27)20(26)18(21)24;1-3-5-7-8-10-12(9-6-4-2)11-26-17-13(19)15(21)18(27-25-24-23)16(22)14(17)20;15-3-5(17)8(36-34-33-32)6(18)4(16)7(3)35-2-1-9(19,20)10(21,22)11(23,24)12(25,26)13(27,28)14(29,30)31;1-21-6-2(8(12,13)14)5(11)7(22-20-19-18)3(4(6)10)9(15,16)17;1-15-6-2(8)4(10)7(16-14-13-12)5(11)3(6)9/h16,27H,3-15H2,1-2H3;12,23H,3-11H2,1-2H3;32H,1-2H2;18H,1H3;12H,1H3. The molecule has 0 saturated carbocycles. The van der Waals surface area contributed by atoms with Gasteiger partial charge >= 0.3 is 48.1 Å². The maximum atomic E-state index is 14.4. The van der Waals surface area contributed by atoms with Crippen LogP contribution in [0, 0.1) is 117 Å². The Morgan fingerprint density at radius 3 is 0.750 bits per heavy atom. The molecule has 762 valence electrons. The second kappa shape index (κ2) is 59.9. The summed E-state index contributed by atoms with van der Waals surface area (Å²) in [7, 11) is 0. The number of rotatable bonds is 51. The third kappa shape index (κ3) is 35.0. The van der Waals surface area contributed by atoms with Gasteiger partial charge in [-0.1, -0.05) is 156 Å². The Morgan fingerprint density at radius 1 is 0.250 bits per heavy atom. The minimum Gasteiger partial charge on any atom is -0.220 e. The third-order valence-electron chi connectivity index (χ3n) is 17.2. The molecule has 5 N–H and O–H groups in total. The van der Waals surface area contributed by atoms with Gasteiger partial charge in [0.25, 0.3) is 0 Å². The lowest BCUT2D eigenvalue weighted by molar-refractivity contribution is -0.439. The van der Waals surface area contributed by atoms with Gasteiger partial charge in [0.05, 0.1) is 89.6 Å². The van der Waals surface area contributed by atoms with E-state index >= 15 is 0 Å². The van der Waals surface area contributed by atoms with E-state index in [2.05, 4.69) is 74.6 Å². The van der Waals surface area contributed by atoms with E-state index in [1.54, 1.807) is 0 Å². The molecule has 0 aliphatic carbocycles. The molecule has 0 radical (unpaired) electrons. The largest absolute Gasteiger partial charge is 0.460 e. The molecule has 0 heterocycles. The molecular formula is C70H73F37O15S10. The molecule has 0 spiro atoms. The summed E-state index contributed by atoms with van der Waals surface area (Å²) < 4.78 is 513. The highest BCUT2D eigenvalue weighted by Gasteiger charge is 2.90. The number of halogens is 37. The van der Waals surface area contributed by atoms with E-state index in [0.29, 0.717) is 23.3 Å². The van der Waals surface area contributed by atoms with Crippen LogP contribution in [0.5, 0.6) is 0 Å². The van der Waals surface area contributed by atoms with Gasteiger partial charge < -0.3 is 0 Å². The van der Waals surface area contributed by atoms with Crippen molar-refractivity contribution in [3.63, 3.8) is 0 Å². The average Bonchev–Trinajstić information content (AvgIpc) is 0.704. The predicted octanol–water partition coefficient (Wildman–Crippen LogP) is 33.1. The minimum absolute atomic E-state index is 0.0398. The second-order valence-corrected chi connectivity index (χ2v) is 34.4. The summed E-state index contributed by atoms with van der Waals surface area (Å²) in [5, 5.41) is 54.9. The SMILES string of the molecule is CCCCCCC(CCCC)CSc1c(F)c(F)c(SOOO)c(F)c1F.CCCCCCCCC(CCCCCC)CSc1c(F)c(F)c(SOOO)c(F)c1F.CSc1c(F)c(C(F)(F)F)c(SOOO)c(F)c1C(F)(F)F.CSc1c(F)c(F)c(SOOO)c(F)c1F.OOOSc1c(F)c(F)c(SCCC(F)(F)C(F)(F)C(F)(F)C(F)(F)C(F)(F)C(F)(F)F)c(F)c1F. The summed E-state index contributed by atoms with van der Waals surface area (Å²) in [6.07, 6.45) is 2.25. The van der Waals surface area contributed by atoms with Crippen molar-refractivity contribution in [1.29, 1.82) is 0 Å². The first-order valence-electron chi connectivity index (χ1n) is 36.7. The fourth-order valence-electron chi connectivity index (χ4n) is 10.6. The summed E-state index contributed by atoms with van der Waals surface area (Å²) in [5.74, 6) is -71.7. The molecule has 2 atom stereocenters. The number of unbranched alkanes of at least 4 members (excludes halogenated alkanes) is 12. The number of hydrogen-bond donors (Lipinski definition) is 5. The molecule has 0 saturated heterocycles. The highest BCUT2D eigenvalue weighted by Crippen LogP contribution is 2.61. The van der Waals surface area contributed by atoms with Crippen molar-refractivity contribution in [1.82, 2.24) is 0 Å². The van der Waals surface area contributed by atoms with Crippen molar-refractivity contribution in [3.05, 3.63) is 116 Å². The molecule has 0 aromatic heterocycles. The van der Waals surface area contributed by atoms with Crippen molar-refractivity contribution in [2.24, 2.45) is 11.8 Å². The van der Waals surface area contributed by atoms with E-state index < -0.39 is 261 Å². The molecule has 62 heteroatoms. The fourth-order valence-corrected chi connectivity index (χ4v) is 17.4. The van der Waals surface area contributed by atoms with E-state index in [9.17, 15) is 162 Å². The predicted molar refractivity (Wildman–Crippen MR) is 408 cm³/mol. The van der Waals surface area contributed by atoms with Crippen molar-refractivity contribution in [3.8, 4) is 0 Å². The van der Waals surface area contributed by atoms with Gasteiger partial charge in [-0.2, -0.15) is 83.4 Å². The van der Waals surface area contributed by atoms with E-state index in [-0.39, 0.29) is 59.7 Å². The first-order valence-corrected chi connectivity index (χ1v) is 45.8. The maximum Gasteiger partial charge on any atom is 0.460 e. The smallest absolute Gasteiger partial charge is 0.220 e. The Morgan fingerprint density at radius 2 is 0.477 bits per heavy atom. The van der Waals surface area contributed by atoms with Gasteiger partial charge in [0, 0.05) is 23.7 Å². The topological polar surface area (TPSA) is 193 Å². The Balaban J connectivity index is 0.000000843. The minimum atomic E-state index is -8.13. The van der Waals surface area contributed by atoms with Crippen molar-refractivity contribution in [2.75, 3.05) is 29.8 Å². The van der Waals surface area contributed by atoms with Crippen molar-refractivity contribution >= 4 is 119 Å². The van der Waals surface area contributed by atoms with Gasteiger partial charge in [0.2, 0.25) is 0 Å². The molecule has 0 aliphatic heterocycles. The van der Waals surface area contributed by atoms with E-state index in [0.717, 1.165) is 133 Å². The van der Waals surface area contributed by atoms with Gasteiger partial charge in [-0.25, -0.2) is 105 Å². The molecule has 0 fully saturated rings. The van der Waals surface area contributed by atoms with Gasteiger partial charge in [-0.05, 0) is 50.0 Å². The monoisotopic (exact) mass is 2180 g/mol. The first kappa shape index (κ1) is 126. The van der Waals surface area contributed by atoms with Crippen LogP contribution in [0.25, 0.3) is 0 Å². The lowest BCUT2D eigenvalue weighted by atomic mass is 9.93. The normalized spacial score (nSPS) is 12.9. The quantitative estimate of drug-likeness (QED) is 0.00469. The van der Waals surface area contributed by atoms with Crippen LogP contribution in [-0.4, -0.2) is 91.8 Å². The Hall–Kier alpha value is -3.59. The lowest BCUT2D eigenvalue weighted by Crippen LogP contribution is -2.70. The second-order valence-electron chi connectivity index (χ2n) is 26.1. The number of alkyl halides is 19. The van der Waals surface area contributed by atoms with Gasteiger partial charge in [0.1, 0.15) is 30.7 Å². The van der Waals surface area contributed by atoms with Crippen LogP contribution in [0.15, 0.2) is 49.0 Å². The molecule has 0 amide bonds. The highest BCUT2D eigenvalue weighted by atomic mass is 32.2. The maximum absolute atomic E-state index is 14.4.